The molecule has 5 rings (SSSR count). The lowest BCUT2D eigenvalue weighted by Crippen LogP contribution is -2.38. The van der Waals surface area contributed by atoms with Gasteiger partial charge in [-0.3, -0.25) is 9.69 Å². The van der Waals surface area contributed by atoms with Crippen LogP contribution < -0.4 is 5.73 Å². The first-order chi connectivity index (χ1) is 15.7. The number of amides is 1. The third kappa shape index (κ3) is 3.93. The summed E-state index contributed by atoms with van der Waals surface area (Å²) in [6.45, 7) is 3.93. The predicted octanol–water partition coefficient (Wildman–Crippen LogP) is 3.91. The first-order valence-corrected chi connectivity index (χ1v) is 11.8. The molecule has 2 aromatic heterocycles. The second-order valence-corrected chi connectivity index (χ2v) is 9.29. The van der Waals surface area contributed by atoms with Gasteiger partial charge in [0.25, 0.3) is 5.91 Å². The number of thiophene rings is 1. The first kappa shape index (κ1) is 21.2. The van der Waals surface area contributed by atoms with Crippen LogP contribution in [0.2, 0.25) is 0 Å². The van der Waals surface area contributed by atoms with Crippen LogP contribution in [0, 0.1) is 0 Å². The molecule has 0 saturated carbocycles. The number of primary amides is 1. The number of carbonyl (C=O) groups is 1. The largest absolute Gasteiger partial charge is 0.396 e. The topological polar surface area (TPSA) is 80.7 Å². The molecule has 4 aromatic rings. The fraction of sp³-hybridized carbons (Fsp3) is 0.320. The van der Waals surface area contributed by atoms with Gasteiger partial charge in [-0.2, -0.15) is 0 Å². The average molecular weight is 450 g/mol. The average Bonchev–Trinajstić information content (AvgIpc) is 3.37. The number of aryl methyl sites for hydroxylation is 1. The van der Waals surface area contributed by atoms with Gasteiger partial charge in [-0.15, -0.1) is 11.3 Å². The highest BCUT2D eigenvalue weighted by Crippen LogP contribution is 2.38. The Labute approximate surface area is 190 Å². The van der Waals surface area contributed by atoms with Crippen molar-refractivity contribution in [3.8, 4) is 0 Å². The van der Waals surface area contributed by atoms with Crippen molar-refractivity contribution in [1.29, 1.82) is 0 Å². The molecule has 1 aliphatic rings. The summed E-state index contributed by atoms with van der Waals surface area (Å²) in [6, 6.07) is 16.5. The number of aliphatic hydroxyl groups excluding tert-OH is 1. The van der Waals surface area contributed by atoms with Crippen LogP contribution in [-0.4, -0.2) is 46.8 Å². The molecule has 1 aliphatic heterocycles. The number of carbonyl (C=O) groups excluding carboxylic acids is 1. The van der Waals surface area contributed by atoms with Crippen LogP contribution in [0.1, 0.15) is 33.3 Å². The van der Waals surface area contributed by atoms with Crippen LogP contribution >= 0.6 is 11.3 Å². The lowest BCUT2D eigenvalue weighted by atomic mass is 10.0. The third-order valence-corrected chi connectivity index (χ3v) is 7.35. The van der Waals surface area contributed by atoms with Gasteiger partial charge in [0.2, 0.25) is 0 Å². The lowest BCUT2D eigenvalue weighted by Gasteiger charge is -2.33. The van der Waals surface area contributed by atoms with Crippen LogP contribution in [0.15, 0.2) is 54.7 Å². The summed E-state index contributed by atoms with van der Waals surface area (Å²) in [5, 5.41) is 11.6. The Bertz CT molecular complexity index is 1260. The quantitative estimate of drug-likeness (QED) is 0.448. The lowest BCUT2D eigenvalue weighted by molar-refractivity contribution is -0.0321. The van der Waals surface area contributed by atoms with Crippen LogP contribution in [0.5, 0.6) is 0 Å². The molecule has 1 amide bonds. The summed E-state index contributed by atoms with van der Waals surface area (Å²) in [5.74, 6) is -0.395. The highest BCUT2D eigenvalue weighted by molar-refractivity contribution is 7.21. The number of nitrogens with two attached hydrogens (primary N) is 1. The normalized spacial score (nSPS) is 17.3. The number of nitrogens with zero attached hydrogens (tertiary/aromatic N) is 2. The fourth-order valence-corrected chi connectivity index (χ4v) is 5.81. The minimum atomic E-state index is -0.395. The SMILES string of the molecule is NC(=O)c1sc2ccccc2c1[C@H]1CN(Cc2cn(CCCO)c3ccccc23)CCO1. The maximum Gasteiger partial charge on any atom is 0.259 e. The Morgan fingerprint density at radius 2 is 1.94 bits per heavy atom. The molecule has 0 spiro atoms. The van der Waals surface area contributed by atoms with Crippen LogP contribution in [0.25, 0.3) is 21.0 Å². The number of hydrogen-bond donors (Lipinski definition) is 2. The number of aromatic nitrogens is 1. The maximum absolute atomic E-state index is 12.2. The zero-order chi connectivity index (χ0) is 22.1. The first-order valence-electron chi connectivity index (χ1n) is 11.0. The Morgan fingerprint density at radius 3 is 2.75 bits per heavy atom. The van der Waals surface area contributed by atoms with Gasteiger partial charge in [-0.1, -0.05) is 36.4 Å². The highest BCUT2D eigenvalue weighted by atomic mass is 32.1. The number of benzene rings is 2. The molecular weight excluding hydrogens is 422 g/mol. The molecule has 6 nitrogen and oxygen atoms in total. The van der Waals surface area contributed by atoms with Crippen molar-refractivity contribution in [1.82, 2.24) is 9.47 Å². The van der Waals surface area contributed by atoms with E-state index in [0.29, 0.717) is 18.0 Å². The smallest absolute Gasteiger partial charge is 0.259 e. The molecule has 0 unspecified atom stereocenters. The number of para-hydroxylation sites is 1. The van der Waals surface area contributed by atoms with Crippen molar-refractivity contribution in [2.24, 2.45) is 5.73 Å². The second kappa shape index (κ2) is 9.03. The van der Waals surface area contributed by atoms with Gasteiger partial charge in [0.05, 0.1) is 17.6 Å². The van der Waals surface area contributed by atoms with Gasteiger partial charge < -0.3 is 20.1 Å². The van der Waals surface area contributed by atoms with E-state index in [1.165, 1.54) is 27.8 Å². The number of fused-ring (bicyclic) bond motifs is 2. The van der Waals surface area contributed by atoms with Crippen molar-refractivity contribution in [3.63, 3.8) is 0 Å². The summed E-state index contributed by atoms with van der Waals surface area (Å²) in [4.78, 5) is 15.2. The molecule has 3 heterocycles. The summed E-state index contributed by atoms with van der Waals surface area (Å²) >= 11 is 1.45. The molecule has 2 aromatic carbocycles. The van der Waals surface area contributed by atoms with Gasteiger partial charge in [-0.25, -0.2) is 0 Å². The van der Waals surface area contributed by atoms with Crippen molar-refractivity contribution in [2.75, 3.05) is 26.3 Å². The van der Waals surface area contributed by atoms with E-state index in [-0.39, 0.29) is 12.7 Å². The van der Waals surface area contributed by atoms with Gasteiger partial charge in [0, 0.05) is 60.1 Å². The van der Waals surface area contributed by atoms with E-state index in [0.717, 1.165) is 41.7 Å². The molecule has 0 aliphatic carbocycles. The van der Waals surface area contributed by atoms with E-state index >= 15 is 0 Å². The molecule has 32 heavy (non-hydrogen) atoms. The molecule has 1 atom stereocenters. The van der Waals surface area contributed by atoms with Gasteiger partial charge in [0.1, 0.15) is 0 Å². The van der Waals surface area contributed by atoms with Crippen LogP contribution in [-0.2, 0) is 17.8 Å². The van der Waals surface area contributed by atoms with Crippen LogP contribution in [0.4, 0.5) is 0 Å². The van der Waals surface area contributed by atoms with Gasteiger partial charge >= 0.3 is 0 Å². The summed E-state index contributed by atoms with van der Waals surface area (Å²) in [5.41, 5.74) is 9.12. The van der Waals surface area contributed by atoms with Crippen molar-refractivity contribution in [2.45, 2.75) is 25.6 Å². The number of rotatable bonds is 7. The van der Waals surface area contributed by atoms with E-state index in [1.807, 2.05) is 24.3 Å². The fourth-order valence-electron chi connectivity index (χ4n) is 4.70. The number of hydrogen-bond acceptors (Lipinski definition) is 5. The van der Waals surface area contributed by atoms with Crippen LogP contribution in [0.3, 0.4) is 0 Å². The Hall–Kier alpha value is -2.71. The molecule has 0 bridgehead atoms. The maximum atomic E-state index is 12.2. The number of aliphatic hydroxyl groups is 1. The molecule has 3 N–H and O–H groups in total. The zero-order valence-corrected chi connectivity index (χ0v) is 18.7. The van der Waals surface area contributed by atoms with Gasteiger partial charge in [-0.05, 0) is 29.5 Å². The third-order valence-electron chi connectivity index (χ3n) is 6.15. The van der Waals surface area contributed by atoms with E-state index in [4.69, 9.17) is 10.5 Å². The van der Waals surface area contributed by atoms with Crippen molar-refractivity contribution in [3.05, 3.63) is 70.7 Å². The van der Waals surface area contributed by atoms with E-state index < -0.39 is 5.91 Å². The zero-order valence-electron chi connectivity index (χ0n) is 17.9. The second-order valence-electron chi connectivity index (χ2n) is 8.24. The minimum Gasteiger partial charge on any atom is -0.396 e. The number of ether oxygens (including phenoxy) is 1. The summed E-state index contributed by atoms with van der Waals surface area (Å²) < 4.78 is 9.45. The molecular formula is C25H27N3O3S. The Kier molecular flexibility index (Phi) is 5.97. The Balaban J connectivity index is 1.43. The highest BCUT2D eigenvalue weighted by Gasteiger charge is 2.29. The van der Waals surface area contributed by atoms with Gasteiger partial charge in [0.15, 0.2) is 0 Å². The molecule has 0 radical (unpaired) electrons. The van der Waals surface area contributed by atoms with E-state index in [2.05, 4.69) is 39.9 Å². The molecule has 1 fully saturated rings. The number of morpholine rings is 1. The predicted molar refractivity (Wildman–Crippen MR) is 128 cm³/mol. The van der Waals surface area contributed by atoms with Crippen molar-refractivity contribution >= 4 is 38.2 Å². The summed E-state index contributed by atoms with van der Waals surface area (Å²) in [6.07, 6.45) is 2.75. The molecule has 166 valence electrons. The Morgan fingerprint density at radius 1 is 1.16 bits per heavy atom. The van der Waals surface area contributed by atoms with Crippen molar-refractivity contribution < 1.29 is 14.6 Å². The molecule has 7 heteroatoms. The van der Waals surface area contributed by atoms with E-state index in [9.17, 15) is 9.90 Å². The van der Waals surface area contributed by atoms with E-state index in [1.54, 1.807) is 0 Å². The standard InChI is InChI=1S/C25H27N3O3S/c26-25(30)24-23(19-7-2-4-9-22(19)32-24)21-16-27(11-13-31-21)14-17-15-28(10-5-12-29)20-8-3-1-6-18(17)20/h1-4,6-9,15,21,29H,5,10-14,16H2,(H2,26,30)/t21-/m1/s1. The minimum absolute atomic E-state index is 0.184. The monoisotopic (exact) mass is 449 g/mol. The molecule has 1 saturated heterocycles. The summed E-state index contributed by atoms with van der Waals surface area (Å²) in [7, 11) is 0.